The molecule has 1 aliphatic heterocycles. The molecular weight excluding hydrogens is 556 g/mol. The predicted octanol–water partition coefficient (Wildman–Crippen LogP) is 1.59. The first kappa shape index (κ1) is 33.4. The lowest BCUT2D eigenvalue weighted by Crippen LogP contribution is -2.61. The van der Waals surface area contributed by atoms with Crippen LogP contribution in [0.4, 0.5) is 0 Å². The highest BCUT2D eigenvalue weighted by Gasteiger charge is 2.66. The minimum atomic E-state index is -1.52. The van der Waals surface area contributed by atoms with Gasteiger partial charge in [0, 0.05) is 11.3 Å². The molecule has 0 aromatic carbocycles. The Morgan fingerprint density at radius 2 is 1.74 bits per heavy atom. The van der Waals surface area contributed by atoms with E-state index in [-0.39, 0.29) is 34.9 Å². The molecule has 1 heterocycles. The molecule has 0 radical (unpaired) electrons. The van der Waals surface area contributed by atoms with Gasteiger partial charge in [0.15, 0.2) is 12.1 Å². The lowest BCUT2D eigenvalue weighted by atomic mass is 9.46. The van der Waals surface area contributed by atoms with Gasteiger partial charge in [-0.25, -0.2) is 0 Å². The predicted molar refractivity (Wildman–Crippen MR) is 156 cm³/mol. The van der Waals surface area contributed by atoms with Crippen LogP contribution in [0.15, 0.2) is 11.6 Å². The maximum atomic E-state index is 13.8. The van der Waals surface area contributed by atoms with Gasteiger partial charge in [0.2, 0.25) is 0 Å². The van der Waals surface area contributed by atoms with Crippen molar-refractivity contribution >= 4 is 5.78 Å². The smallest absolute Gasteiger partial charge is 0.186 e. The zero-order valence-corrected chi connectivity index (χ0v) is 26.4. The number of ether oxygens (including phenoxy) is 2. The van der Waals surface area contributed by atoms with E-state index in [1.807, 2.05) is 0 Å². The molecule has 0 amide bonds. The Balaban J connectivity index is 1.32. The third-order valence-electron chi connectivity index (χ3n) is 12.6. The summed E-state index contributed by atoms with van der Waals surface area (Å²) in [4.78, 5) is 13.8. The van der Waals surface area contributed by atoms with Gasteiger partial charge in [0.05, 0.1) is 30.0 Å². The van der Waals surface area contributed by atoms with Crippen molar-refractivity contribution < 1.29 is 50.0 Å². The number of aliphatic hydroxyl groups excluding tert-OH is 5. The van der Waals surface area contributed by atoms with Crippen LogP contribution in [0.5, 0.6) is 0 Å². The molecule has 5 aliphatic rings. The molecule has 3 saturated carbocycles. The molecule has 0 unspecified atom stereocenters. The lowest BCUT2D eigenvalue weighted by Gasteiger charge is -2.60. The largest absolute Gasteiger partial charge is 0.394 e. The number of fused-ring (bicyclic) bond motifs is 5. The Hall–Kier alpha value is -0.950. The Kier molecular flexibility index (Phi) is 9.08. The highest BCUT2D eigenvalue weighted by molar-refractivity contribution is 5.95. The highest BCUT2D eigenvalue weighted by atomic mass is 16.7. The van der Waals surface area contributed by atoms with Crippen molar-refractivity contribution in [3.8, 4) is 0 Å². The van der Waals surface area contributed by atoms with Crippen molar-refractivity contribution in [1.29, 1.82) is 0 Å². The number of carbonyl (C=O) groups is 1. The summed E-state index contributed by atoms with van der Waals surface area (Å²) < 4.78 is 11.6. The molecule has 14 atom stereocenters. The molecule has 10 heteroatoms. The van der Waals surface area contributed by atoms with E-state index < -0.39 is 66.1 Å². The van der Waals surface area contributed by atoms with Crippen molar-refractivity contribution in [1.82, 2.24) is 0 Å². The normalized spacial score (nSPS) is 48.1. The van der Waals surface area contributed by atoms with Crippen LogP contribution in [-0.2, 0) is 14.3 Å². The molecule has 7 N–H and O–H groups in total. The average molecular weight is 611 g/mol. The van der Waals surface area contributed by atoms with Crippen molar-refractivity contribution in [2.45, 2.75) is 147 Å². The van der Waals surface area contributed by atoms with Gasteiger partial charge >= 0.3 is 0 Å². The first-order chi connectivity index (χ1) is 20.0. The molecule has 4 fully saturated rings. The molecule has 4 aliphatic carbocycles. The Morgan fingerprint density at radius 3 is 2.40 bits per heavy atom. The van der Waals surface area contributed by atoms with Crippen LogP contribution in [0.25, 0.3) is 0 Å². The number of ketones is 1. The molecule has 0 spiro atoms. The minimum Gasteiger partial charge on any atom is -0.394 e. The molecule has 0 aromatic heterocycles. The first-order valence-electron chi connectivity index (χ1n) is 16.3. The quantitative estimate of drug-likeness (QED) is 0.214. The third kappa shape index (κ3) is 5.57. The number of hydrogen-bond acceptors (Lipinski definition) is 10. The van der Waals surface area contributed by atoms with Crippen molar-refractivity contribution in [2.24, 2.45) is 34.5 Å². The fourth-order valence-corrected chi connectivity index (χ4v) is 9.71. The summed E-state index contributed by atoms with van der Waals surface area (Å²) in [5.41, 5.74) is -1.98. The fourth-order valence-electron chi connectivity index (χ4n) is 9.71. The van der Waals surface area contributed by atoms with Crippen LogP contribution in [-0.4, -0.2) is 102 Å². The van der Waals surface area contributed by atoms with E-state index in [0.717, 1.165) is 24.8 Å². The molecule has 0 aromatic rings. The van der Waals surface area contributed by atoms with Crippen LogP contribution >= 0.6 is 0 Å². The number of carbonyl (C=O) groups excluding carboxylic acids is 1. The standard InChI is InChI=1S/C33H54O10/c1-17(23(35)9-10-30(2,3)40)19-8-13-33(41)21-15-24(36)22-14-18(6-11-31(22,4)20(21)7-12-32(19,33)5)42-29-28(39)27(38)26(37)25(16-34)43-29/h15,17-20,22-23,25-29,34-35,37-41H,6-14,16H2,1-5H3/t17-,18+,19+,20-,22+,23-,25+,26+,27-,28+,29+,31+,32+,33+/m0/s1. The zero-order valence-electron chi connectivity index (χ0n) is 26.4. The van der Waals surface area contributed by atoms with E-state index in [9.17, 15) is 40.5 Å². The summed E-state index contributed by atoms with van der Waals surface area (Å²) in [5.74, 6) is -0.306. The Morgan fingerprint density at radius 1 is 1.05 bits per heavy atom. The minimum absolute atomic E-state index is 0.0322. The zero-order chi connectivity index (χ0) is 31.7. The van der Waals surface area contributed by atoms with Gasteiger partial charge in [-0.05, 0) is 106 Å². The fraction of sp³-hybridized carbons (Fsp3) is 0.909. The summed E-state index contributed by atoms with van der Waals surface area (Å²) in [5, 5.41) is 74.0. The topological polar surface area (TPSA) is 177 Å². The summed E-state index contributed by atoms with van der Waals surface area (Å²) in [6.45, 7) is 9.29. The number of aliphatic hydroxyl groups is 7. The molecule has 5 rings (SSSR count). The van der Waals surface area contributed by atoms with Crippen LogP contribution in [0, 0.1) is 34.5 Å². The first-order valence-corrected chi connectivity index (χ1v) is 16.3. The van der Waals surface area contributed by atoms with Gasteiger partial charge in [-0.2, -0.15) is 0 Å². The summed E-state index contributed by atoms with van der Waals surface area (Å²) >= 11 is 0. The summed E-state index contributed by atoms with van der Waals surface area (Å²) in [6, 6.07) is 0. The summed E-state index contributed by atoms with van der Waals surface area (Å²) in [7, 11) is 0. The van der Waals surface area contributed by atoms with E-state index in [1.165, 1.54) is 0 Å². The van der Waals surface area contributed by atoms with Crippen molar-refractivity contribution in [3.05, 3.63) is 11.6 Å². The van der Waals surface area contributed by atoms with Crippen molar-refractivity contribution in [3.63, 3.8) is 0 Å². The van der Waals surface area contributed by atoms with E-state index in [1.54, 1.807) is 19.9 Å². The molecule has 10 nitrogen and oxygen atoms in total. The maximum absolute atomic E-state index is 13.8. The second-order valence-corrected chi connectivity index (χ2v) is 15.6. The molecule has 246 valence electrons. The van der Waals surface area contributed by atoms with E-state index in [0.29, 0.717) is 38.5 Å². The Labute approximate surface area is 255 Å². The maximum Gasteiger partial charge on any atom is 0.186 e. The van der Waals surface area contributed by atoms with Crippen LogP contribution in [0.2, 0.25) is 0 Å². The monoisotopic (exact) mass is 610 g/mol. The lowest BCUT2D eigenvalue weighted by molar-refractivity contribution is -0.315. The number of rotatable bonds is 8. The van der Waals surface area contributed by atoms with E-state index in [2.05, 4.69) is 20.8 Å². The highest BCUT2D eigenvalue weighted by Crippen LogP contribution is 2.68. The number of allylic oxidation sites excluding steroid dienone is 1. The molecule has 0 bridgehead atoms. The molecular formula is C33H54O10. The van der Waals surface area contributed by atoms with Crippen molar-refractivity contribution in [2.75, 3.05) is 6.61 Å². The second kappa shape index (κ2) is 11.7. The molecule has 43 heavy (non-hydrogen) atoms. The van der Waals surface area contributed by atoms with Gasteiger partial charge in [0.25, 0.3) is 0 Å². The van der Waals surface area contributed by atoms with Gasteiger partial charge in [0.1, 0.15) is 24.4 Å². The number of hydrogen-bond donors (Lipinski definition) is 7. The Bertz CT molecular complexity index is 1070. The van der Waals surface area contributed by atoms with Crippen LogP contribution < -0.4 is 0 Å². The SMILES string of the molecule is C[C@@H]([C@H]1CC[C@@]2(O)C3=CC(=O)[C@H]4C[C@H](O[C@@H]5O[C@H](CO)[C@@H](O)[C@H](O)[C@H]5O)CC[C@]4(C)[C@H]3CC[C@]12C)[C@@H](O)CCC(C)(C)O. The third-order valence-corrected chi connectivity index (χ3v) is 12.6. The van der Waals surface area contributed by atoms with Crippen LogP contribution in [0.1, 0.15) is 92.4 Å². The van der Waals surface area contributed by atoms with Gasteiger partial charge in [-0.15, -0.1) is 0 Å². The van der Waals surface area contributed by atoms with E-state index in [4.69, 9.17) is 9.47 Å². The molecule has 1 saturated heterocycles. The summed E-state index contributed by atoms with van der Waals surface area (Å²) in [6.07, 6.45) is -0.458. The van der Waals surface area contributed by atoms with Gasteiger partial charge < -0.3 is 45.2 Å². The second-order valence-electron chi connectivity index (χ2n) is 15.6. The van der Waals surface area contributed by atoms with E-state index >= 15 is 0 Å². The van der Waals surface area contributed by atoms with Gasteiger partial charge in [-0.3, -0.25) is 4.79 Å². The average Bonchev–Trinajstić information content (AvgIpc) is 3.23. The van der Waals surface area contributed by atoms with Gasteiger partial charge in [-0.1, -0.05) is 20.8 Å². The van der Waals surface area contributed by atoms with Crippen LogP contribution in [0.3, 0.4) is 0 Å².